The first kappa shape index (κ1) is 25.6. The van der Waals surface area contributed by atoms with Crippen LogP contribution >= 0.6 is 0 Å². The molecule has 4 rings (SSSR count). The number of amides is 1. The highest BCUT2D eigenvalue weighted by molar-refractivity contribution is 7.91. The molecule has 1 aliphatic heterocycles. The maximum Gasteiger partial charge on any atom is 0.285 e. The average molecular weight is 510 g/mol. The molecule has 0 spiro atoms. The monoisotopic (exact) mass is 509 g/mol. The zero-order chi connectivity index (χ0) is 25.9. The number of piperazine rings is 1. The lowest BCUT2D eigenvalue weighted by molar-refractivity contribution is 0.0974. The Balaban J connectivity index is 1.37. The van der Waals surface area contributed by atoms with Crippen LogP contribution < -0.4 is 9.62 Å². The molecule has 1 amide bonds. The maximum absolute atomic E-state index is 12.3. The first-order valence-electron chi connectivity index (χ1n) is 11.8. The standard InChI is InChI=1S/C26H31N5O4S/c1-26(2,3)36(34,35)29-25(33)23-11-12-24(28-27-23)31-15-13-30(14-16-31)18-20-7-4-5-10-22(20)19-8-6-9-21(32)17-19/h4-12,17,32H,13-16,18H2,1-3H3,(H,29,33). The minimum Gasteiger partial charge on any atom is -0.508 e. The van der Waals surface area contributed by atoms with E-state index >= 15 is 0 Å². The number of hydrogen-bond donors (Lipinski definition) is 2. The first-order chi connectivity index (χ1) is 17.0. The Kier molecular flexibility index (Phi) is 7.28. The number of carbonyl (C=O) groups excluding carboxylic acids is 1. The van der Waals surface area contributed by atoms with Gasteiger partial charge in [-0.25, -0.2) is 13.1 Å². The van der Waals surface area contributed by atoms with Crippen LogP contribution in [0.4, 0.5) is 5.82 Å². The summed E-state index contributed by atoms with van der Waals surface area (Å²) < 4.78 is 25.4. The minimum absolute atomic E-state index is 0.0474. The molecule has 0 saturated carbocycles. The van der Waals surface area contributed by atoms with Crippen molar-refractivity contribution in [3.8, 4) is 16.9 Å². The Hall–Kier alpha value is -3.50. The zero-order valence-electron chi connectivity index (χ0n) is 20.7. The van der Waals surface area contributed by atoms with Gasteiger partial charge in [-0.15, -0.1) is 10.2 Å². The van der Waals surface area contributed by atoms with Gasteiger partial charge in [0.1, 0.15) is 5.75 Å². The van der Waals surface area contributed by atoms with E-state index in [1.165, 1.54) is 32.4 Å². The molecule has 0 radical (unpaired) electrons. The largest absolute Gasteiger partial charge is 0.508 e. The van der Waals surface area contributed by atoms with Crippen molar-refractivity contribution >= 4 is 21.7 Å². The SMILES string of the molecule is CC(C)(C)S(=O)(=O)NC(=O)c1ccc(N2CCN(Cc3ccccc3-c3cccc(O)c3)CC2)nn1. The molecule has 36 heavy (non-hydrogen) atoms. The summed E-state index contributed by atoms with van der Waals surface area (Å²) in [5.41, 5.74) is 3.23. The van der Waals surface area contributed by atoms with E-state index in [-0.39, 0.29) is 11.4 Å². The Morgan fingerprint density at radius 2 is 1.69 bits per heavy atom. The number of nitrogens with zero attached hydrogens (tertiary/aromatic N) is 4. The van der Waals surface area contributed by atoms with Crippen LogP contribution in [0.25, 0.3) is 11.1 Å². The Labute approximate surface area is 211 Å². The van der Waals surface area contributed by atoms with E-state index in [1.807, 2.05) is 24.3 Å². The van der Waals surface area contributed by atoms with Gasteiger partial charge in [0.15, 0.2) is 11.5 Å². The molecule has 2 aromatic carbocycles. The summed E-state index contributed by atoms with van der Waals surface area (Å²) in [5, 5.41) is 18.0. The third kappa shape index (κ3) is 5.83. The van der Waals surface area contributed by atoms with Crippen molar-refractivity contribution in [1.29, 1.82) is 0 Å². The molecule has 3 aromatic rings. The number of aromatic nitrogens is 2. The van der Waals surface area contributed by atoms with Crippen LogP contribution in [0.3, 0.4) is 0 Å². The van der Waals surface area contributed by atoms with Crippen molar-refractivity contribution in [2.75, 3.05) is 31.1 Å². The molecular formula is C26H31N5O4S. The van der Waals surface area contributed by atoms with Crippen LogP contribution in [0.1, 0.15) is 36.8 Å². The van der Waals surface area contributed by atoms with E-state index in [1.54, 1.807) is 18.2 Å². The van der Waals surface area contributed by atoms with Crippen LogP contribution in [0.15, 0.2) is 60.7 Å². The van der Waals surface area contributed by atoms with Gasteiger partial charge in [-0.3, -0.25) is 9.69 Å². The van der Waals surface area contributed by atoms with E-state index in [9.17, 15) is 18.3 Å². The molecule has 1 saturated heterocycles. The fourth-order valence-electron chi connectivity index (χ4n) is 3.93. The van der Waals surface area contributed by atoms with Crippen molar-refractivity contribution in [2.45, 2.75) is 32.1 Å². The predicted molar refractivity (Wildman–Crippen MR) is 139 cm³/mol. The molecule has 0 aliphatic carbocycles. The molecule has 1 aromatic heterocycles. The van der Waals surface area contributed by atoms with Crippen LogP contribution in [0.5, 0.6) is 5.75 Å². The molecule has 10 heteroatoms. The highest BCUT2D eigenvalue weighted by Gasteiger charge is 2.31. The third-order valence-corrected chi connectivity index (χ3v) is 8.25. The summed E-state index contributed by atoms with van der Waals surface area (Å²) in [6.07, 6.45) is 0. The molecule has 0 bridgehead atoms. The van der Waals surface area contributed by atoms with Gasteiger partial charge in [-0.05, 0) is 61.7 Å². The quantitative estimate of drug-likeness (QED) is 0.521. The topological polar surface area (TPSA) is 116 Å². The number of phenolic OH excluding ortho intramolecular Hbond substituents is 1. The lowest BCUT2D eigenvalue weighted by Gasteiger charge is -2.35. The van der Waals surface area contributed by atoms with E-state index in [4.69, 9.17) is 0 Å². The van der Waals surface area contributed by atoms with E-state index < -0.39 is 20.7 Å². The fourth-order valence-corrected chi connectivity index (χ4v) is 4.59. The Morgan fingerprint density at radius 3 is 2.33 bits per heavy atom. The molecule has 190 valence electrons. The highest BCUT2D eigenvalue weighted by Crippen LogP contribution is 2.28. The molecule has 1 fully saturated rings. The van der Waals surface area contributed by atoms with Crippen molar-refractivity contribution in [3.63, 3.8) is 0 Å². The van der Waals surface area contributed by atoms with E-state index in [0.717, 1.165) is 43.9 Å². The smallest absolute Gasteiger partial charge is 0.285 e. The van der Waals surface area contributed by atoms with Gasteiger partial charge in [0.2, 0.25) is 10.0 Å². The summed E-state index contributed by atoms with van der Waals surface area (Å²) >= 11 is 0. The van der Waals surface area contributed by atoms with Gasteiger partial charge in [0, 0.05) is 32.7 Å². The molecule has 9 nitrogen and oxygen atoms in total. The highest BCUT2D eigenvalue weighted by atomic mass is 32.2. The van der Waals surface area contributed by atoms with Gasteiger partial charge in [-0.2, -0.15) is 0 Å². The number of rotatable bonds is 6. The number of phenols is 1. The zero-order valence-corrected chi connectivity index (χ0v) is 21.5. The van der Waals surface area contributed by atoms with Crippen LogP contribution in [-0.2, 0) is 16.6 Å². The lowest BCUT2D eigenvalue weighted by atomic mass is 9.99. The van der Waals surface area contributed by atoms with Crippen LogP contribution in [-0.4, -0.2) is 65.5 Å². The van der Waals surface area contributed by atoms with E-state index in [2.05, 4.69) is 36.9 Å². The van der Waals surface area contributed by atoms with Gasteiger partial charge < -0.3 is 10.0 Å². The maximum atomic E-state index is 12.3. The molecule has 2 N–H and O–H groups in total. The van der Waals surface area contributed by atoms with Gasteiger partial charge in [0.25, 0.3) is 5.91 Å². The molecule has 2 heterocycles. The number of aromatic hydroxyl groups is 1. The Bertz CT molecular complexity index is 1330. The number of anilines is 1. The predicted octanol–water partition coefficient (Wildman–Crippen LogP) is 3.03. The van der Waals surface area contributed by atoms with Crippen LogP contribution in [0, 0.1) is 0 Å². The summed E-state index contributed by atoms with van der Waals surface area (Å²) in [4.78, 5) is 16.8. The molecular weight excluding hydrogens is 478 g/mol. The summed E-state index contributed by atoms with van der Waals surface area (Å²) in [7, 11) is -3.83. The second kappa shape index (κ2) is 10.2. The van der Waals surface area contributed by atoms with Gasteiger partial charge >= 0.3 is 0 Å². The lowest BCUT2D eigenvalue weighted by Crippen LogP contribution is -2.46. The van der Waals surface area contributed by atoms with Crippen molar-refractivity contribution in [1.82, 2.24) is 19.8 Å². The second-order valence-corrected chi connectivity index (χ2v) is 12.2. The number of benzene rings is 2. The fraction of sp³-hybridized carbons (Fsp3) is 0.346. The number of hydrogen-bond acceptors (Lipinski definition) is 8. The average Bonchev–Trinajstić information content (AvgIpc) is 2.84. The summed E-state index contributed by atoms with van der Waals surface area (Å²) in [6.45, 7) is 8.46. The van der Waals surface area contributed by atoms with Crippen molar-refractivity contribution in [2.24, 2.45) is 0 Å². The summed E-state index contributed by atoms with van der Waals surface area (Å²) in [5.74, 6) is 0.0978. The van der Waals surface area contributed by atoms with Gasteiger partial charge in [-0.1, -0.05) is 36.4 Å². The summed E-state index contributed by atoms with van der Waals surface area (Å²) in [6, 6.07) is 18.7. The van der Waals surface area contributed by atoms with E-state index in [0.29, 0.717) is 5.82 Å². The first-order valence-corrected chi connectivity index (χ1v) is 13.3. The van der Waals surface area contributed by atoms with Crippen molar-refractivity contribution < 1.29 is 18.3 Å². The molecule has 1 aliphatic rings. The van der Waals surface area contributed by atoms with Crippen LogP contribution in [0.2, 0.25) is 0 Å². The minimum atomic E-state index is -3.83. The number of carbonyl (C=O) groups is 1. The Morgan fingerprint density at radius 1 is 0.972 bits per heavy atom. The number of sulfonamides is 1. The number of nitrogens with one attached hydrogen (secondary N) is 1. The molecule has 0 unspecified atom stereocenters. The second-order valence-electron chi connectivity index (χ2n) is 9.79. The molecule has 0 atom stereocenters. The normalized spacial score (nSPS) is 15.0. The van der Waals surface area contributed by atoms with Gasteiger partial charge in [0.05, 0.1) is 4.75 Å². The third-order valence-electron chi connectivity index (χ3n) is 6.18. The van der Waals surface area contributed by atoms with Crippen molar-refractivity contribution in [3.05, 3.63) is 71.9 Å².